The molecule has 0 fully saturated rings. The van der Waals surface area contributed by atoms with Crippen molar-refractivity contribution in [2.75, 3.05) is 14.2 Å². The second-order valence-corrected chi connectivity index (χ2v) is 7.30. The van der Waals surface area contributed by atoms with E-state index in [9.17, 15) is 8.78 Å². The van der Waals surface area contributed by atoms with Crippen molar-refractivity contribution in [2.45, 2.75) is 26.7 Å². The number of rotatable bonds is 4. The smallest absolute Gasteiger partial charge is 0.167 e. The van der Waals surface area contributed by atoms with Crippen molar-refractivity contribution in [3.63, 3.8) is 0 Å². The minimum Gasteiger partial charge on any atom is -0.494 e. The molecule has 0 aliphatic heterocycles. The number of methoxy groups -OCH3 is 2. The molecule has 10 heteroatoms. The van der Waals surface area contributed by atoms with Crippen LogP contribution in [0.3, 0.4) is 0 Å². The molecule has 0 bridgehead atoms. The molecule has 0 aliphatic rings. The van der Waals surface area contributed by atoms with Gasteiger partial charge in [-0.1, -0.05) is 37.0 Å². The number of aromatic nitrogens is 4. The monoisotopic (exact) mass is 480 g/mol. The van der Waals surface area contributed by atoms with Crippen LogP contribution in [0.2, 0.25) is 10.3 Å². The van der Waals surface area contributed by atoms with Crippen molar-refractivity contribution in [1.82, 2.24) is 19.9 Å². The topological polar surface area (TPSA) is 70.0 Å². The molecule has 168 valence electrons. The SMILES string of the molecule is CCc1nc2cc(F)c(OC)cc2nc1Cl.CCc1nc2cc(OC)c(F)cc2nc1Cl. The van der Waals surface area contributed by atoms with E-state index in [4.69, 9.17) is 32.7 Å². The Morgan fingerprint density at radius 1 is 0.656 bits per heavy atom. The normalized spacial score (nSPS) is 10.8. The molecule has 6 nitrogen and oxygen atoms in total. The Morgan fingerprint density at radius 2 is 1.00 bits per heavy atom. The average molecular weight is 481 g/mol. The number of aryl methyl sites for hydroxylation is 2. The number of benzene rings is 2. The van der Waals surface area contributed by atoms with Crippen LogP contribution in [0.5, 0.6) is 11.5 Å². The first-order chi connectivity index (χ1) is 15.3. The van der Waals surface area contributed by atoms with Gasteiger partial charge in [0.15, 0.2) is 33.4 Å². The molecule has 0 saturated carbocycles. The zero-order chi connectivity index (χ0) is 23.4. The van der Waals surface area contributed by atoms with Crippen molar-refractivity contribution < 1.29 is 18.3 Å². The van der Waals surface area contributed by atoms with E-state index in [1.54, 1.807) is 0 Å². The summed E-state index contributed by atoms with van der Waals surface area (Å²) in [5.74, 6) is -0.619. The fraction of sp³-hybridized carbons (Fsp3) is 0.273. The Balaban J connectivity index is 0.000000181. The van der Waals surface area contributed by atoms with Crippen LogP contribution in [0, 0.1) is 11.6 Å². The average Bonchev–Trinajstić information content (AvgIpc) is 2.78. The van der Waals surface area contributed by atoms with Crippen molar-refractivity contribution in [1.29, 1.82) is 0 Å². The van der Waals surface area contributed by atoms with Crippen LogP contribution in [0.15, 0.2) is 24.3 Å². The summed E-state index contributed by atoms with van der Waals surface area (Å²) in [7, 11) is 2.81. The van der Waals surface area contributed by atoms with Crippen LogP contribution in [0.1, 0.15) is 25.2 Å². The van der Waals surface area contributed by atoms with Gasteiger partial charge in [0.25, 0.3) is 0 Å². The quantitative estimate of drug-likeness (QED) is 0.357. The van der Waals surface area contributed by atoms with Gasteiger partial charge in [-0.05, 0) is 12.8 Å². The maximum Gasteiger partial charge on any atom is 0.167 e. The Kier molecular flexibility index (Phi) is 7.58. The summed E-state index contributed by atoms with van der Waals surface area (Å²) in [5.41, 5.74) is 3.39. The highest BCUT2D eigenvalue weighted by Gasteiger charge is 2.11. The Hall–Kier alpha value is -2.84. The highest BCUT2D eigenvalue weighted by atomic mass is 35.5. The zero-order valence-corrected chi connectivity index (χ0v) is 19.4. The molecule has 2 aromatic heterocycles. The highest BCUT2D eigenvalue weighted by Crippen LogP contribution is 2.26. The van der Waals surface area contributed by atoms with E-state index in [1.165, 1.54) is 38.5 Å². The predicted octanol–water partition coefficient (Wildman–Crippen LogP) is 5.99. The van der Waals surface area contributed by atoms with Crippen LogP contribution >= 0.6 is 23.2 Å². The molecular formula is C22H20Cl2F2N4O2. The molecule has 4 aromatic rings. The molecule has 2 heterocycles. The summed E-state index contributed by atoms with van der Waals surface area (Å²) in [5, 5.41) is 0.670. The molecule has 0 aliphatic carbocycles. The van der Waals surface area contributed by atoms with Gasteiger partial charge in [-0.25, -0.2) is 28.7 Å². The van der Waals surface area contributed by atoms with Gasteiger partial charge in [0.2, 0.25) is 0 Å². The summed E-state index contributed by atoms with van der Waals surface area (Å²) < 4.78 is 36.6. The summed E-state index contributed by atoms with van der Waals surface area (Å²) in [6.07, 6.45) is 1.34. The molecule has 0 amide bonds. The maximum absolute atomic E-state index is 13.4. The summed E-state index contributed by atoms with van der Waals surface area (Å²) in [6.45, 7) is 3.85. The van der Waals surface area contributed by atoms with E-state index in [-0.39, 0.29) is 11.5 Å². The molecule has 0 atom stereocenters. The first-order valence-corrected chi connectivity index (χ1v) is 10.5. The van der Waals surface area contributed by atoms with E-state index < -0.39 is 11.6 Å². The summed E-state index contributed by atoms with van der Waals surface area (Å²) in [4.78, 5) is 16.8. The first kappa shape index (κ1) is 23.8. The summed E-state index contributed by atoms with van der Waals surface area (Å²) in [6, 6.07) is 5.58. The van der Waals surface area contributed by atoms with Crippen LogP contribution < -0.4 is 9.47 Å². The van der Waals surface area contributed by atoms with Gasteiger partial charge in [-0.3, -0.25) is 0 Å². The number of ether oxygens (including phenoxy) is 2. The second-order valence-electron chi connectivity index (χ2n) is 6.58. The molecular weight excluding hydrogens is 461 g/mol. The maximum atomic E-state index is 13.4. The Labute approximate surface area is 193 Å². The second kappa shape index (κ2) is 10.2. The van der Waals surface area contributed by atoms with Gasteiger partial charge in [0.1, 0.15) is 0 Å². The fourth-order valence-electron chi connectivity index (χ4n) is 2.91. The van der Waals surface area contributed by atoms with E-state index >= 15 is 0 Å². The molecule has 0 unspecified atom stereocenters. The van der Waals surface area contributed by atoms with Gasteiger partial charge < -0.3 is 9.47 Å². The first-order valence-electron chi connectivity index (χ1n) is 9.70. The molecule has 0 N–H and O–H groups in total. The fourth-order valence-corrected chi connectivity index (χ4v) is 3.44. The molecule has 0 radical (unpaired) electrons. The minimum absolute atomic E-state index is 0.141. The Morgan fingerprint density at radius 3 is 1.38 bits per heavy atom. The lowest BCUT2D eigenvalue weighted by Crippen LogP contribution is -1.96. The molecule has 4 rings (SSSR count). The van der Waals surface area contributed by atoms with Gasteiger partial charge in [-0.15, -0.1) is 0 Å². The number of hydrogen-bond donors (Lipinski definition) is 0. The van der Waals surface area contributed by atoms with Gasteiger partial charge in [0, 0.05) is 24.3 Å². The largest absolute Gasteiger partial charge is 0.494 e. The van der Waals surface area contributed by atoms with E-state index in [0.717, 1.165) is 0 Å². The van der Waals surface area contributed by atoms with Crippen molar-refractivity contribution in [3.8, 4) is 11.5 Å². The van der Waals surface area contributed by atoms with Gasteiger partial charge in [-0.2, -0.15) is 0 Å². The lowest BCUT2D eigenvalue weighted by atomic mass is 10.2. The standard InChI is InChI=1S/2C11H10ClFN2O/c1-3-7-11(12)15-8-4-6(13)10(16-2)5-9(8)14-7;1-3-7-11(12)15-9-5-10(16-2)6(13)4-8(9)14-7/h2*4-5H,3H2,1-2H3. The molecule has 0 spiro atoms. The number of nitrogens with zero attached hydrogens (tertiary/aromatic N) is 4. The number of hydrogen-bond acceptors (Lipinski definition) is 6. The van der Waals surface area contributed by atoms with Gasteiger partial charge in [0.05, 0.1) is 47.7 Å². The third-order valence-electron chi connectivity index (χ3n) is 4.59. The highest BCUT2D eigenvalue weighted by molar-refractivity contribution is 6.30. The third-order valence-corrected chi connectivity index (χ3v) is 5.20. The lowest BCUT2D eigenvalue weighted by Gasteiger charge is -2.06. The van der Waals surface area contributed by atoms with Crippen molar-refractivity contribution in [3.05, 3.63) is 57.6 Å². The minimum atomic E-state index is -0.468. The molecule has 0 saturated heterocycles. The van der Waals surface area contributed by atoms with Crippen molar-refractivity contribution in [2.24, 2.45) is 0 Å². The number of fused-ring (bicyclic) bond motifs is 2. The van der Waals surface area contributed by atoms with E-state index in [1.807, 2.05) is 13.8 Å². The van der Waals surface area contributed by atoms with Crippen LogP contribution in [0.25, 0.3) is 22.1 Å². The predicted molar refractivity (Wildman–Crippen MR) is 121 cm³/mol. The van der Waals surface area contributed by atoms with Crippen LogP contribution in [0.4, 0.5) is 8.78 Å². The van der Waals surface area contributed by atoms with Crippen LogP contribution in [-0.4, -0.2) is 34.2 Å². The molecule has 2 aromatic carbocycles. The van der Waals surface area contributed by atoms with E-state index in [0.29, 0.717) is 56.6 Å². The van der Waals surface area contributed by atoms with Gasteiger partial charge >= 0.3 is 0 Å². The third kappa shape index (κ3) is 4.97. The summed E-state index contributed by atoms with van der Waals surface area (Å²) >= 11 is 11.8. The zero-order valence-electron chi connectivity index (χ0n) is 17.8. The number of halogens is 4. The Bertz CT molecular complexity index is 1190. The lowest BCUT2D eigenvalue weighted by molar-refractivity contribution is 0.387. The van der Waals surface area contributed by atoms with Crippen molar-refractivity contribution >= 4 is 45.3 Å². The van der Waals surface area contributed by atoms with Crippen LogP contribution in [-0.2, 0) is 12.8 Å². The molecule has 32 heavy (non-hydrogen) atoms. The van der Waals surface area contributed by atoms with E-state index in [2.05, 4.69) is 19.9 Å².